The Balaban J connectivity index is 0.890. The highest BCUT2D eigenvalue weighted by Gasteiger charge is 2.37. The van der Waals surface area contributed by atoms with Crippen molar-refractivity contribution in [2.75, 3.05) is 4.90 Å². The Morgan fingerprint density at radius 2 is 1.29 bits per heavy atom. The molecule has 0 amide bonds. The molecule has 0 saturated carbocycles. The van der Waals surface area contributed by atoms with Crippen molar-refractivity contribution < 1.29 is 4.42 Å². The smallest absolute Gasteiger partial charge is 0.143 e. The van der Waals surface area contributed by atoms with E-state index in [1.54, 1.807) is 0 Å². The lowest BCUT2D eigenvalue weighted by atomic mass is 9.81. The van der Waals surface area contributed by atoms with Crippen LogP contribution in [0.25, 0.3) is 90.7 Å². The maximum Gasteiger partial charge on any atom is 0.143 e. The number of fused-ring (bicyclic) bond motifs is 7. The van der Waals surface area contributed by atoms with Gasteiger partial charge in [0, 0.05) is 72.5 Å². The Kier molecular flexibility index (Phi) is 11.1. The molecule has 346 valence electrons. The van der Waals surface area contributed by atoms with E-state index in [9.17, 15) is 0 Å². The molecule has 3 heteroatoms. The van der Waals surface area contributed by atoms with Gasteiger partial charge >= 0.3 is 0 Å². The first kappa shape index (κ1) is 44.3. The van der Waals surface area contributed by atoms with Gasteiger partial charge < -0.3 is 13.9 Å². The number of rotatable bonds is 11. The van der Waals surface area contributed by atoms with E-state index in [1.807, 2.05) is 18.2 Å². The number of nitrogens with zero attached hydrogens (tertiary/aromatic N) is 2. The fourth-order valence-corrected chi connectivity index (χ4v) is 11.2. The molecule has 0 aliphatic heterocycles. The van der Waals surface area contributed by atoms with E-state index in [-0.39, 0.29) is 5.41 Å². The van der Waals surface area contributed by atoms with Gasteiger partial charge in [-0.05, 0) is 105 Å². The molecule has 2 aromatic heterocycles. The number of furan rings is 1. The molecule has 1 atom stereocenters. The average molecular weight is 927 g/mol. The van der Waals surface area contributed by atoms with Crippen LogP contribution < -0.4 is 15.5 Å². The number of para-hydroxylation sites is 3. The monoisotopic (exact) mass is 926 g/mol. The Hall–Kier alpha value is -8.92. The van der Waals surface area contributed by atoms with Crippen molar-refractivity contribution in [3.63, 3.8) is 0 Å². The molecule has 0 spiro atoms. The van der Waals surface area contributed by atoms with Gasteiger partial charge in [-0.2, -0.15) is 0 Å². The highest BCUT2D eigenvalue weighted by atomic mass is 16.3. The van der Waals surface area contributed by atoms with Crippen molar-refractivity contribution in [3.8, 4) is 33.4 Å². The average Bonchev–Trinajstić information content (AvgIpc) is 4.02. The molecule has 12 rings (SSSR count). The zero-order chi connectivity index (χ0) is 48.9. The van der Waals surface area contributed by atoms with E-state index in [4.69, 9.17) is 4.42 Å². The second kappa shape index (κ2) is 18.1. The molecule has 0 N–H and O–H groups in total. The molecule has 10 aromatic rings. The summed E-state index contributed by atoms with van der Waals surface area (Å²) in [7, 11) is 0. The zero-order valence-electron chi connectivity index (χ0n) is 40.7. The second-order valence-electron chi connectivity index (χ2n) is 19.4. The summed E-state index contributed by atoms with van der Waals surface area (Å²) in [5, 5.41) is 5.27. The van der Waals surface area contributed by atoms with Crippen LogP contribution in [0.1, 0.15) is 48.4 Å². The Labute approximate surface area is 421 Å². The molecular formula is C69H54N2O. The van der Waals surface area contributed by atoms with E-state index >= 15 is 0 Å². The van der Waals surface area contributed by atoms with Crippen molar-refractivity contribution in [3.05, 3.63) is 276 Å². The van der Waals surface area contributed by atoms with Crippen LogP contribution in [0.3, 0.4) is 0 Å². The van der Waals surface area contributed by atoms with E-state index in [0.29, 0.717) is 5.92 Å². The summed E-state index contributed by atoms with van der Waals surface area (Å²) in [5.41, 5.74) is 19.0. The largest absolute Gasteiger partial charge is 0.455 e. The molecule has 8 aromatic carbocycles. The molecule has 0 bridgehead atoms. The Morgan fingerprint density at radius 1 is 0.639 bits per heavy atom. The minimum Gasteiger partial charge on any atom is -0.455 e. The molecular weight excluding hydrogens is 873 g/mol. The quantitative estimate of drug-likeness (QED) is 0.121. The number of hydrogen-bond donors (Lipinski definition) is 0. The standard InChI is InChI=1S/C69H54N2O/c1-6-19-56-46(3)70(66-30-15-14-25-61(56)66)43-18-24-47(7-2)57-26-16-28-62-63-29-17-27-58(68(63)72-67(57)62)52-35-41-59-60-42-40-55(45-65(60)69(4,5)64(59)44-52)71(53-36-31-50(32-37-53)48-20-10-8-11-21-48)54-38-33-51(34-39-54)49-22-12-9-13-23-49/h6-33,35-45,51H,1-3,34H2,4-5H3. The van der Waals surface area contributed by atoms with E-state index < -0.39 is 0 Å². The molecule has 2 heterocycles. The van der Waals surface area contributed by atoms with Crippen LogP contribution in [0.2, 0.25) is 0 Å². The summed E-state index contributed by atoms with van der Waals surface area (Å²) >= 11 is 0. The molecule has 2 aliphatic rings. The van der Waals surface area contributed by atoms with Crippen LogP contribution in [-0.2, 0) is 5.41 Å². The molecule has 0 radical (unpaired) electrons. The highest BCUT2D eigenvalue weighted by Crippen LogP contribution is 2.52. The van der Waals surface area contributed by atoms with Gasteiger partial charge in [0.2, 0.25) is 0 Å². The topological polar surface area (TPSA) is 21.3 Å². The number of benzene rings is 8. The van der Waals surface area contributed by atoms with E-state index in [0.717, 1.165) is 83.5 Å². The van der Waals surface area contributed by atoms with Gasteiger partial charge in [-0.25, -0.2) is 0 Å². The lowest BCUT2D eigenvalue weighted by Gasteiger charge is -2.31. The van der Waals surface area contributed by atoms with Crippen LogP contribution in [0.5, 0.6) is 0 Å². The van der Waals surface area contributed by atoms with Gasteiger partial charge in [0.05, 0.1) is 5.52 Å². The molecule has 72 heavy (non-hydrogen) atoms. The summed E-state index contributed by atoms with van der Waals surface area (Å²) in [6.45, 7) is 17.3. The van der Waals surface area contributed by atoms with Crippen LogP contribution >= 0.6 is 0 Å². The predicted octanol–water partition coefficient (Wildman–Crippen LogP) is 17.1. The summed E-state index contributed by atoms with van der Waals surface area (Å²) < 4.78 is 9.13. The molecule has 3 nitrogen and oxygen atoms in total. The lowest BCUT2D eigenvalue weighted by molar-refractivity contribution is 0.660. The summed E-state index contributed by atoms with van der Waals surface area (Å²) in [4.78, 5) is 2.43. The first-order chi connectivity index (χ1) is 35.3. The SMILES string of the molecule is C=CC=c1c(=C)n(C=CC=C(C=C)c2cccc3c2oc2c(-c4ccc5c(c4)C(C)(C)c4cc(N(C6=CCC(c7ccccc7)C=C6)c6ccc(-c7ccccc7)cc6)ccc4-5)cccc23)c2ccccc12. The maximum atomic E-state index is 7.00. The predicted molar refractivity (Wildman–Crippen MR) is 307 cm³/mol. The highest BCUT2D eigenvalue weighted by molar-refractivity contribution is 6.12. The van der Waals surface area contributed by atoms with Crippen molar-refractivity contribution in [2.45, 2.75) is 31.6 Å². The first-order valence-corrected chi connectivity index (χ1v) is 24.9. The Morgan fingerprint density at radius 3 is 2.04 bits per heavy atom. The molecule has 1 unspecified atom stereocenters. The van der Waals surface area contributed by atoms with Crippen molar-refractivity contribution in [1.82, 2.24) is 4.57 Å². The van der Waals surface area contributed by atoms with Gasteiger partial charge in [-0.15, -0.1) is 0 Å². The first-order valence-electron chi connectivity index (χ1n) is 24.9. The lowest BCUT2D eigenvalue weighted by Crippen LogP contribution is -2.24. The van der Waals surface area contributed by atoms with Crippen molar-refractivity contribution >= 4 is 68.6 Å². The number of anilines is 2. The van der Waals surface area contributed by atoms with Gasteiger partial charge in [0.15, 0.2) is 0 Å². The number of allylic oxidation sites excluding steroid dienone is 8. The third-order valence-corrected chi connectivity index (χ3v) is 14.9. The maximum absolute atomic E-state index is 7.00. The summed E-state index contributed by atoms with van der Waals surface area (Å²) in [6, 6.07) is 65.7. The number of hydrogen-bond acceptors (Lipinski definition) is 2. The number of aromatic nitrogens is 1. The third kappa shape index (κ3) is 7.53. The minimum atomic E-state index is -0.270. The van der Waals surface area contributed by atoms with E-state index in [2.05, 4.69) is 262 Å². The van der Waals surface area contributed by atoms with Gasteiger partial charge in [0.1, 0.15) is 11.2 Å². The minimum absolute atomic E-state index is 0.270. The normalized spacial score (nSPS) is 15.3. The van der Waals surface area contributed by atoms with Crippen LogP contribution in [-0.4, -0.2) is 4.57 Å². The van der Waals surface area contributed by atoms with Gasteiger partial charge in [-0.1, -0.05) is 216 Å². The zero-order valence-corrected chi connectivity index (χ0v) is 40.7. The third-order valence-electron chi connectivity index (χ3n) is 14.9. The van der Waals surface area contributed by atoms with Gasteiger partial charge in [-0.3, -0.25) is 0 Å². The van der Waals surface area contributed by atoms with Crippen LogP contribution in [0.4, 0.5) is 11.4 Å². The molecule has 0 saturated heterocycles. The summed E-state index contributed by atoms with van der Waals surface area (Å²) in [5.74, 6) is 0.344. The van der Waals surface area contributed by atoms with Gasteiger partial charge in [0.25, 0.3) is 0 Å². The molecule has 0 fully saturated rings. The van der Waals surface area contributed by atoms with Crippen LogP contribution in [0.15, 0.2) is 248 Å². The van der Waals surface area contributed by atoms with Crippen molar-refractivity contribution in [1.29, 1.82) is 0 Å². The Bertz CT molecular complexity index is 4020. The van der Waals surface area contributed by atoms with E-state index in [1.165, 1.54) is 44.6 Å². The molecule has 2 aliphatic carbocycles. The summed E-state index contributed by atoms with van der Waals surface area (Å²) in [6.07, 6.45) is 20.0. The fraction of sp³-hybridized carbons (Fsp3) is 0.0725. The second-order valence-corrected chi connectivity index (χ2v) is 19.4. The fourth-order valence-electron chi connectivity index (χ4n) is 11.2. The van der Waals surface area contributed by atoms with Crippen LogP contribution in [0, 0.1) is 0 Å². The van der Waals surface area contributed by atoms with Crippen molar-refractivity contribution in [2.24, 2.45) is 0 Å².